The molecule has 0 saturated carbocycles. The highest BCUT2D eigenvalue weighted by molar-refractivity contribution is 7.08. The predicted molar refractivity (Wildman–Crippen MR) is 47.3 cm³/mol. The Morgan fingerprint density at radius 1 is 1.67 bits per heavy atom. The van der Waals surface area contributed by atoms with Gasteiger partial charge in [-0.3, -0.25) is 0 Å². The second-order valence-corrected chi connectivity index (χ2v) is 3.13. The number of carboxylic acid groups (broad SMARTS) is 1. The van der Waals surface area contributed by atoms with E-state index < -0.39 is 5.97 Å². The van der Waals surface area contributed by atoms with Gasteiger partial charge in [0.25, 0.3) is 0 Å². The van der Waals surface area contributed by atoms with Crippen molar-refractivity contribution in [1.82, 2.24) is 0 Å². The highest BCUT2D eigenvalue weighted by atomic mass is 32.1. The topological polar surface area (TPSA) is 89.3 Å². The molecule has 0 amide bonds. The quantitative estimate of drug-likeness (QED) is 0.637. The van der Waals surface area contributed by atoms with Gasteiger partial charge in [-0.05, 0) is 10.9 Å². The van der Waals surface area contributed by atoms with Crippen molar-refractivity contribution in [2.75, 3.05) is 6.54 Å². The summed E-state index contributed by atoms with van der Waals surface area (Å²) in [6, 6.07) is -0.373. The summed E-state index contributed by atoms with van der Waals surface area (Å²) in [7, 11) is 0. The number of carbonyl (C=O) groups is 1. The third-order valence-corrected chi connectivity index (χ3v) is 2.34. The molecule has 1 aromatic heterocycles. The van der Waals surface area contributed by atoms with E-state index in [0.717, 1.165) is 0 Å². The van der Waals surface area contributed by atoms with Gasteiger partial charge in [0.2, 0.25) is 0 Å². The molecule has 0 aliphatic heterocycles. The Kier molecular flexibility index (Phi) is 2.80. The lowest BCUT2D eigenvalue weighted by molar-refractivity contribution is 0.0696. The molecule has 66 valence electrons. The highest BCUT2D eigenvalue weighted by Gasteiger charge is 2.15. The molecule has 0 aromatic carbocycles. The molecule has 12 heavy (non-hydrogen) atoms. The first-order valence-corrected chi connectivity index (χ1v) is 4.36. The van der Waals surface area contributed by atoms with Crippen LogP contribution in [0, 0.1) is 0 Å². The SMILES string of the molecule is NC[C@@H](N)c1cscc1C(=O)O. The molecule has 1 heterocycles. The zero-order valence-electron chi connectivity index (χ0n) is 6.36. The molecule has 4 nitrogen and oxygen atoms in total. The summed E-state index contributed by atoms with van der Waals surface area (Å²) in [6.45, 7) is 0.261. The van der Waals surface area contributed by atoms with Crippen LogP contribution in [-0.2, 0) is 0 Å². The summed E-state index contributed by atoms with van der Waals surface area (Å²) in [5.74, 6) is -0.949. The number of thiophene rings is 1. The van der Waals surface area contributed by atoms with E-state index in [2.05, 4.69) is 0 Å². The van der Waals surface area contributed by atoms with Gasteiger partial charge in [0.05, 0.1) is 5.56 Å². The van der Waals surface area contributed by atoms with E-state index in [1.165, 1.54) is 11.3 Å². The Morgan fingerprint density at radius 2 is 2.33 bits per heavy atom. The fourth-order valence-electron chi connectivity index (χ4n) is 0.895. The molecule has 0 bridgehead atoms. The summed E-state index contributed by atoms with van der Waals surface area (Å²) >= 11 is 1.32. The molecule has 0 saturated heterocycles. The van der Waals surface area contributed by atoms with Crippen molar-refractivity contribution in [3.63, 3.8) is 0 Å². The van der Waals surface area contributed by atoms with Crippen LogP contribution in [0.4, 0.5) is 0 Å². The molecular weight excluding hydrogens is 176 g/mol. The summed E-state index contributed by atoms with van der Waals surface area (Å²) in [6.07, 6.45) is 0. The molecule has 0 unspecified atom stereocenters. The van der Waals surface area contributed by atoms with E-state index in [-0.39, 0.29) is 18.2 Å². The number of hydrogen-bond acceptors (Lipinski definition) is 4. The normalized spacial score (nSPS) is 12.8. The van der Waals surface area contributed by atoms with Crippen molar-refractivity contribution in [3.05, 3.63) is 21.9 Å². The minimum atomic E-state index is -0.949. The van der Waals surface area contributed by atoms with Crippen LogP contribution >= 0.6 is 11.3 Å². The van der Waals surface area contributed by atoms with Crippen molar-refractivity contribution in [1.29, 1.82) is 0 Å². The Balaban J connectivity index is 2.98. The first-order chi connectivity index (χ1) is 5.66. The smallest absolute Gasteiger partial charge is 0.336 e. The third-order valence-electron chi connectivity index (χ3n) is 1.58. The van der Waals surface area contributed by atoms with Crippen molar-refractivity contribution >= 4 is 17.3 Å². The van der Waals surface area contributed by atoms with E-state index in [9.17, 15) is 4.79 Å². The molecule has 0 fully saturated rings. The predicted octanol–water partition coefficient (Wildman–Crippen LogP) is 0.405. The largest absolute Gasteiger partial charge is 0.478 e. The maximum absolute atomic E-state index is 10.6. The zero-order chi connectivity index (χ0) is 9.14. The lowest BCUT2D eigenvalue weighted by atomic mass is 10.1. The number of rotatable bonds is 3. The molecule has 0 aliphatic carbocycles. The van der Waals surface area contributed by atoms with Gasteiger partial charge in [0.15, 0.2) is 0 Å². The second kappa shape index (κ2) is 3.66. The van der Waals surface area contributed by atoms with Crippen LogP contribution < -0.4 is 11.5 Å². The Labute approximate surface area is 73.8 Å². The summed E-state index contributed by atoms with van der Waals surface area (Å²) in [4.78, 5) is 10.6. The summed E-state index contributed by atoms with van der Waals surface area (Å²) in [5, 5.41) is 12.0. The second-order valence-electron chi connectivity index (χ2n) is 2.39. The van der Waals surface area contributed by atoms with Gasteiger partial charge < -0.3 is 16.6 Å². The van der Waals surface area contributed by atoms with Crippen molar-refractivity contribution in [2.45, 2.75) is 6.04 Å². The van der Waals surface area contributed by atoms with Crippen LogP contribution in [0.3, 0.4) is 0 Å². The maximum Gasteiger partial charge on any atom is 0.336 e. The van der Waals surface area contributed by atoms with Crippen molar-refractivity contribution in [3.8, 4) is 0 Å². The van der Waals surface area contributed by atoms with Gasteiger partial charge >= 0.3 is 5.97 Å². The lowest BCUT2D eigenvalue weighted by Gasteiger charge is -2.06. The van der Waals surface area contributed by atoms with E-state index in [1.807, 2.05) is 0 Å². The third kappa shape index (κ3) is 1.63. The maximum atomic E-state index is 10.6. The van der Waals surface area contributed by atoms with Crippen molar-refractivity contribution in [2.24, 2.45) is 11.5 Å². The van der Waals surface area contributed by atoms with E-state index in [1.54, 1.807) is 10.8 Å². The minimum Gasteiger partial charge on any atom is -0.478 e. The monoisotopic (exact) mass is 186 g/mol. The van der Waals surface area contributed by atoms with Crippen LogP contribution in [0.25, 0.3) is 0 Å². The number of hydrogen-bond donors (Lipinski definition) is 3. The zero-order valence-corrected chi connectivity index (χ0v) is 7.17. The standard InChI is InChI=1S/C7H10N2O2S/c8-1-6(9)4-2-12-3-5(4)7(10)11/h2-3,6H,1,8-9H2,(H,10,11)/t6-/m1/s1. The first-order valence-electron chi connectivity index (χ1n) is 3.41. The molecular formula is C7H10N2O2S. The average Bonchev–Trinajstić information content (AvgIpc) is 2.50. The van der Waals surface area contributed by atoms with Crippen LogP contribution in [0.15, 0.2) is 10.8 Å². The summed E-state index contributed by atoms with van der Waals surface area (Å²) in [5.41, 5.74) is 11.8. The number of carboxylic acids is 1. The van der Waals surface area contributed by atoms with E-state index >= 15 is 0 Å². The number of aromatic carboxylic acids is 1. The highest BCUT2D eigenvalue weighted by Crippen LogP contribution is 2.20. The molecule has 1 atom stereocenters. The van der Waals surface area contributed by atoms with Crippen LogP contribution in [0.1, 0.15) is 22.0 Å². The van der Waals surface area contributed by atoms with Crippen LogP contribution in [-0.4, -0.2) is 17.6 Å². The van der Waals surface area contributed by atoms with Gasteiger partial charge in [0, 0.05) is 18.0 Å². The van der Waals surface area contributed by atoms with Crippen LogP contribution in [0.2, 0.25) is 0 Å². The molecule has 1 aromatic rings. The molecule has 5 N–H and O–H groups in total. The average molecular weight is 186 g/mol. The Hall–Kier alpha value is -0.910. The number of nitrogens with two attached hydrogens (primary N) is 2. The van der Waals surface area contributed by atoms with E-state index in [4.69, 9.17) is 16.6 Å². The van der Waals surface area contributed by atoms with Crippen molar-refractivity contribution < 1.29 is 9.90 Å². The van der Waals surface area contributed by atoms with Gasteiger partial charge in [-0.2, -0.15) is 11.3 Å². The van der Waals surface area contributed by atoms with Crippen LogP contribution in [0.5, 0.6) is 0 Å². The fraction of sp³-hybridized carbons (Fsp3) is 0.286. The first kappa shape index (κ1) is 9.18. The molecule has 0 radical (unpaired) electrons. The Bertz CT molecular complexity index is 285. The van der Waals surface area contributed by atoms with Gasteiger partial charge in [0.1, 0.15) is 0 Å². The van der Waals surface area contributed by atoms with Gasteiger partial charge in [-0.1, -0.05) is 0 Å². The lowest BCUT2D eigenvalue weighted by Crippen LogP contribution is -2.22. The molecule has 1 rings (SSSR count). The minimum absolute atomic E-state index is 0.261. The molecule has 5 heteroatoms. The summed E-state index contributed by atoms with van der Waals surface area (Å²) < 4.78 is 0. The van der Waals surface area contributed by atoms with Gasteiger partial charge in [-0.25, -0.2) is 4.79 Å². The van der Waals surface area contributed by atoms with E-state index in [0.29, 0.717) is 5.56 Å². The molecule has 0 spiro atoms. The fourth-order valence-corrected chi connectivity index (χ4v) is 1.78. The Morgan fingerprint density at radius 3 is 2.83 bits per heavy atom. The molecule has 0 aliphatic rings. The van der Waals surface area contributed by atoms with Gasteiger partial charge in [-0.15, -0.1) is 0 Å².